The minimum atomic E-state index is -0.0752. The summed E-state index contributed by atoms with van der Waals surface area (Å²) >= 11 is 0. The van der Waals surface area contributed by atoms with Crippen LogP contribution in [0.5, 0.6) is 5.75 Å². The molecule has 1 amide bonds. The molecule has 1 saturated carbocycles. The maximum absolute atomic E-state index is 11.9. The summed E-state index contributed by atoms with van der Waals surface area (Å²) in [7, 11) is 0. The molecular weight excluding hydrogens is 240 g/mol. The van der Waals surface area contributed by atoms with Crippen LogP contribution >= 0.6 is 12.4 Å². The number of phenolic OH excluding ortho intramolecular Hbond substituents is 1. The van der Waals surface area contributed by atoms with Crippen LogP contribution in [0.1, 0.15) is 19.3 Å². The lowest BCUT2D eigenvalue weighted by atomic mass is 10.0. The van der Waals surface area contributed by atoms with Gasteiger partial charge < -0.3 is 16.2 Å². The summed E-state index contributed by atoms with van der Waals surface area (Å²) in [5, 5.41) is 11.9. The minimum absolute atomic E-state index is 0. The SMILES string of the molecule is Cl.NC1CCCC1C(=O)Nc1ccc(O)cc1. The molecule has 2 unspecified atom stereocenters. The van der Waals surface area contributed by atoms with E-state index in [-0.39, 0.29) is 36.0 Å². The highest BCUT2D eigenvalue weighted by atomic mass is 35.5. The second-order valence-electron chi connectivity index (χ2n) is 4.24. The van der Waals surface area contributed by atoms with Crippen LogP contribution < -0.4 is 11.1 Å². The zero-order chi connectivity index (χ0) is 11.5. The Morgan fingerprint density at radius 2 is 1.94 bits per heavy atom. The average molecular weight is 257 g/mol. The first kappa shape index (κ1) is 13.8. The Labute approximate surface area is 107 Å². The van der Waals surface area contributed by atoms with Crippen molar-refractivity contribution in [3.8, 4) is 5.75 Å². The number of phenols is 1. The molecule has 1 aliphatic rings. The number of benzene rings is 1. The first-order valence-electron chi connectivity index (χ1n) is 5.52. The average Bonchev–Trinajstić information content (AvgIpc) is 2.68. The molecule has 0 heterocycles. The first-order chi connectivity index (χ1) is 7.66. The lowest BCUT2D eigenvalue weighted by molar-refractivity contribution is -0.120. The van der Waals surface area contributed by atoms with Crippen LogP contribution in [0.4, 0.5) is 5.69 Å². The molecule has 0 aromatic heterocycles. The van der Waals surface area contributed by atoms with Crippen LogP contribution in [0.2, 0.25) is 0 Å². The molecule has 0 saturated heterocycles. The molecule has 4 nitrogen and oxygen atoms in total. The van der Waals surface area contributed by atoms with E-state index in [9.17, 15) is 4.79 Å². The Balaban J connectivity index is 0.00000144. The Morgan fingerprint density at radius 3 is 2.47 bits per heavy atom. The summed E-state index contributed by atoms with van der Waals surface area (Å²) in [6.45, 7) is 0. The fraction of sp³-hybridized carbons (Fsp3) is 0.417. The van der Waals surface area contributed by atoms with E-state index in [2.05, 4.69) is 5.32 Å². The van der Waals surface area contributed by atoms with Gasteiger partial charge in [-0.2, -0.15) is 0 Å². The summed E-state index contributed by atoms with van der Waals surface area (Å²) in [6.07, 6.45) is 2.81. The lowest BCUT2D eigenvalue weighted by Gasteiger charge is -2.15. The fourth-order valence-corrected chi connectivity index (χ4v) is 2.09. The third-order valence-electron chi connectivity index (χ3n) is 3.04. The van der Waals surface area contributed by atoms with Gasteiger partial charge in [0.2, 0.25) is 5.91 Å². The van der Waals surface area contributed by atoms with Crippen molar-refractivity contribution in [3.05, 3.63) is 24.3 Å². The molecule has 5 heteroatoms. The van der Waals surface area contributed by atoms with Gasteiger partial charge in [0.15, 0.2) is 0 Å². The molecule has 0 spiro atoms. The Bertz CT molecular complexity index is 381. The van der Waals surface area contributed by atoms with E-state index in [1.165, 1.54) is 0 Å². The Morgan fingerprint density at radius 1 is 1.29 bits per heavy atom. The smallest absolute Gasteiger partial charge is 0.229 e. The van der Waals surface area contributed by atoms with E-state index in [0.717, 1.165) is 19.3 Å². The van der Waals surface area contributed by atoms with E-state index < -0.39 is 0 Å². The lowest BCUT2D eigenvalue weighted by Crippen LogP contribution is -2.34. The quantitative estimate of drug-likeness (QED) is 0.707. The van der Waals surface area contributed by atoms with Gasteiger partial charge in [-0.25, -0.2) is 0 Å². The zero-order valence-electron chi connectivity index (χ0n) is 9.43. The van der Waals surface area contributed by atoms with Crippen molar-refractivity contribution in [2.24, 2.45) is 11.7 Å². The number of amides is 1. The van der Waals surface area contributed by atoms with Crippen molar-refractivity contribution in [3.63, 3.8) is 0 Å². The van der Waals surface area contributed by atoms with E-state index in [1.807, 2.05) is 0 Å². The molecular formula is C12H17ClN2O2. The maximum atomic E-state index is 11.9. The van der Waals surface area contributed by atoms with Gasteiger partial charge >= 0.3 is 0 Å². The summed E-state index contributed by atoms with van der Waals surface area (Å²) in [5.74, 6) is 0.0973. The number of carbonyl (C=O) groups excluding carboxylic acids is 1. The molecule has 94 valence electrons. The minimum Gasteiger partial charge on any atom is -0.508 e. The molecule has 17 heavy (non-hydrogen) atoms. The molecule has 2 atom stereocenters. The number of rotatable bonds is 2. The topological polar surface area (TPSA) is 75.4 Å². The molecule has 1 aliphatic carbocycles. The van der Waals surface area contributed by atoms with Gasteiger partial charge in [0.05, 0.1) is 5.92 Å². The highest BCUT2D eigenvalue weighted by molar-refractivity contribution is 5.93. The van der Waals surface area contributed by atoms with Gasteiger partial charge in [-0.1, -0.05) is 6.42 Å². The van der Waals surface area contributed by atoms with Crippen molar-refractivity contribution in [2.45, 2.75) is 25.3 Å². The van der Waals surface area contributed by atoms with Gasteiger partial charge in [0.1, 0.15) is 5.75 Å². The predicted molar refractivity (Wildman–Crippen MR) is 69.3 cm³/mol. The molecule has 4 N–H and O–H groups in total. The number of hydrogen-bond acceptors (Lipinski definition) is 3. The first-order valence-corrected chi connectivity index (χ1v) is 5.52. The molecule has 1 aromatic rings. The van der Waals surface area contributed by atoms with E-state index in [4.69, 9.17) is 10.8 Å². The molecule has 0 bridgehead atoms. The predicted octanol–water partition coefficient (Wildman–Crippen LogP) is 1.88. The van der Waals surface area contributed by atoms with Crippen molar-refractivity contribution in [1.29, 1.82) is 0 Å². The molecule has 2 rings (SSSR count). The highest BCUT2D eigenvalue weighted by Crippen LogP contribution is 2.25. The number of nitrogens with one attached hydrogen (secondary N) is 1. The molecule has 1 aromatic carbocycles. The van der Waals surface area contributed by atoms with Crippen molar-refractivity contribution in [2.75, 3.05) is 5.32 Å². The van der Waals surface area contributed by atoms with E-state index >= 15 is 0 Å². The van der Waals surface area contributed by atoms with Gasteiger partial charge in [-0.05, 0) is 37.1 Å². The van der Waals surface area contributed by atoms with Crippen molar-refractivity contribution >= 4 is 24.0 Å². The Hall–Kier alpha value is -1.26. The van der Waals surface area contributed by atoms with Crippen molar-refractivity contribution < 1.29 is 9.90 Å². The number of carbonyl (C=O) groups is 1. The van der Waals surface area contributed by atoms with Crippen LogP contribution in [0.3, 0.4) is 0 Å². The number of hydrogen-bond donors (Lipinski definition) is 3. The third kappa shape index (κ3) is 3.35. The second-order valence-corrected chi connectivity index (χ2v) is 4.24. The fourth-order valence-electron chi connectivity index (χ4n) is 2.09. The molecule has 0 radical (unpaired) electrons. The van der Waals surface area contributed by atoms with Crippen LogP contribution in [0.15, 0.2) is 24.3 Å². The summed E-state index contributed by atoms with van der Waals surface area (Å²) in [5.41, 5.74) is 6.55. The van der Waals surface area contributed by atoms with Crippen LogP contribution in [-0.4, -0.2) is 17.1 Å². The van der Waals surface area contributed by atoms with Gasteiger partial charge in [0, 0.05) is 11.7 Å². The number of nitrogens with two attached hydrogens (primary N) is 1. The van der Waals surface area contributed by atoms with Crippen LogP contribution in [-0.2, 0) is 4.79 Å². The van der Waals surface area contributed by atoms with Crippen LogP contribution in [0, 0.1) is 5.92 Å². The maximum Gasteiger partial charge on any atom is 0.229 e. The van der Waals surface area contributed by atoms with Gasteiger partial charge in [0.25, 0.3) is 0 Å². The normalized spacial score (nSPS) is 22.9. The Kier molecular flexibility index (Phi) is 4.78. The number of aromatic hydroxyl groups is 1. The summed E-state index contributed by atoms with van der Waals surface area (Å²) < 4.78 is 0. The van der Waals surface area contributed by atoms with Crippen molar-refractivity contribution in [1.82, 2.24) is 0 Å². The van der Waals surface area contributed by atoms with Gasteiger partial charge in [-0.15, -0.1) is 12.4 Å². The second kappa shape index (κ2) is 5.89. The van der Waals surface area contributed by atoms with Crippen LogP contribution in [0.25, 0.3) is 0 Å². The standard InChI is InChI=1S/C12H16N2O2.ClH/c13-11-3-1-2-10(11)12(16)14-8-4-6-9(15)7-5-8;/h4-7,10-11,15H,1-3,13H2,(H,14,16);1H. The summed E-state index contributed by atoms with van der Waals surface area (Å²) in [6, 6.07) is 6.42. The van der Waals surface area contributed by atoms with Gasteiger partial charge in [-0.3, -0.25) is 4.79 Å². The number of anilines is 1. The molecule has 0 aliphatic heterocycles. The number of halogens is 1. The summed E-state index contributed by atoms with van der Waals surface area (Å²) in [4.78, 5) is 11.9. The third-order valence-corrected chi connectivity index (χ3v) is 3.04. The van der Waals surface area contributed by atoms with E-state index in [0.29, 0.717) is 5.69 Å². The monoisotopic (exact) mass is 256 g/mol. The largest absolute Gasteiger partial charge is 0.508 e. The van der Waals surface area contributed by atoms with E-state index in [1.54, 1.807) is 24.3 Å². The molecule has 1 fully saturated rings. The zero-order valence-corrected chi connectivity index (χ0v) is 10.2. The highest BCUT2D eigenvalue weighted by Gasteiger charge is 2.30.